The largest absolute Gasteiger partial charge is 0.481 e. The van der Waals surface area contributed by atoms with Gasteiger partial charge in [-0.3, -0.25) is 9.59 Å². The molecule has 4 heteroatoms. The van der Waals surface area contributed by atoms with Crippen molar-refractivity contribution in [1.82, 2.24) is 0 Å². The molecule has 3 rings (SSSR count). The lowest BCUT2D eigenvalue weighted by Gasteiger charge is -2.03. The summed E-state index contributed by atoms with van der Waals surface area (Å²) in [4.78, 5) is 24.3. The fourth-order valence-corrected chi connectivity index (χ4v) is 3.56. The summed E-state index contributed by atoms with van der Waals surface area (Å²) in [5.41, 5.74) is 3.69. The lowest BCUT2D eigenvalue weighted by atomic mass is 10.0. The minimum atomic E-state index is -0.761. The molecule has 1 aromatic heterocycles. The summed E-state index contributed by atoms with van der Waals surface area (Å²) < 4.78 is 0. The van der Waals surface area contributed by atoms with Crippen molar-refractivity contribution in [2.75, 3.05) is 0 Å². The summed E-state index contributed by atoms with van der Waals surface area (Å²) in [7, 11) is 0. The van der Waals surface area contributed by atoms with E-state index >= 15 is 0 Å². The normalized spacial score (nSPS) is 16.9. The second-order valence-electron chi connectivity index (χ2n) is 5.19. The summed E-state index contributed by atoms with van der Waals surface area (Å²) in [5, 5.41) is 11.0. The number of carboxylic acid groups (broad SMARTS) is 1. The van der Waals surface area contributed by atoms with E-state index in [4.69, 9.17) is 5.11 Å². The molecule has 1 N–H and O–H groups in total. The van der Waals surface area contributed by atoms with Crippen molar-refractivity contribution >= 4 is 23.1 Å². The molecule has 0 spiro atoms. The third-order valence-corrected chi connectivity index (χ3v) is 4.83. The van der Waals surface area contributed by atoms with Crippen LogP contribution in [0.3, 0.4) is 0 Å². The first-order chi connectivity index (χ1) is 9.56. The lowest BCUT2D eigenvalue weighted by molar-refractivity contribution is -0.141. The number of ketones is 1. The van der Waals surface area contributed by atoms with Crippen molar-refractivity contribution < 1.29 is 14.7 Å². The van der Waals surface area contributed by atoms with Crippen LogP contribution in [-0.2, 0) is 17.6 Å². The monoisotopic (exact) mass is 286 g/mol. The van der Waals surface area contributed by atoms with E-state index in [0.717, 1.165) is 21.6 Å². The first kappa shape index (κ1) is 13.1. The first-order valence-electron chi connectivity index (χ1n) is 6.49. The number of fused-ring (bicyclic) bond motifs is 1. The minimum Gasteiger partial charge on any atom is -0.481 e. The molecule has 1 aliphatic rings. The molecule has 1 unspecified atom stereocenters. The summed E-state index contributed by atoms with van der Waals surface area (Å²) in [6.45, 7) is 1.93. The lowest BCUT2D eigenvalue weighted by Crippen LogP contribution is -2.12. The van der Waals surface area contributed by atoms with Gasteiger partial charge in [-0.2, -0.15) is 0 Å². The van der Waals surface area contributed by atoms with Gasteiger partial charge in [-0.15, -0.1) is 11.3 Å². The third kappa shape index (κ3) is 2.16. The summed E-state index contributed by atoms with van der Waals surface area (Å²) in [6, 6.07) is 7.50. The molecule has 1 heterocycles. The van der Waals surface area contributed by atoms with Gasteiger partial charge in [0, 0.05) is 5.56 Å². The molecule has 0 amide bonds. The van der Waals surface area contributed by atoms with Gasteiger partial charge < -0.3 is 5.11 Å². The van der Waals surface area contributed by atoms with E-state index in [-0.39, 0.29) is 11.7 Å². The van der Waals surface area contributed by atoms with Gasteiger partial charge in [0.25, 0.3) is 0 Å². The Morgan fingerprint density at radius 2 is 1.95 bits per heavy atom. The van der Waals surface area contributed by atoms with Gasteiger partial charge in [0.05, 0.1) is 10.8 Å². The zero-order chi connectivity index (χ0) is 14.3. The number of aliphatic carboxylic acids is 1. The quantitative estimate of drug-likeness (QED) is 0.882. The highest BCUT2D eigenvalue weighted by Crippen LogP contribution is 2.29. The molecule has 0 radical (unpaired) electrons. The van der Waals surface area contributed by atoms with E-state index in [1.54, 1.807) is 0 Å². The smallest absolute Gasteiger partial charge is 0.307 e. The number of thiophene rings is 1. The van der Waals surface area contributed by atoms with E-state index in [9.17, 15) is 9.59 Å². The number of aryl methyl sites for hydroxylation is 1. The minimum absolute atomic E-state index is 0.0269. The predicted molar refractivity (Wildman–Crippen MR) is 77.5 cm³/mol. The maximum absolute atomic E-state index is 12.4. The molecular formula is C16H14O3S. The highest BCUT2D eigenvalue weighted by molar-refractivity contribution is 7.12. The Bertz CT molecular complexity index is 699. The maximum atomic E-state index is 12.4. The molecule has 1 aromatic carbocycles. The summed E-state index contributed by atoms with van der Waals surface area (Å²) in [6.07, 6.45) is 1.09. The number of carbonyl (C=O) groups is 2. The summed E-state index contributed by atoms with van der Waals surface area (Å²) >= 11 is 1.45. The second-order valence-corrected chi connectivity index (χ2v) is 6.10. The molecule has 1 aliphatic carbocycles. The average molecular weight is 286 g/mol. The fraction of sp³-hybridized carbons (Fsp3) is 0.250. The molecular weight excluding hydrogens is 272 g/mol. The average Bonchev–Trinajstić information content (AvgIpc) is 3.02. The van der Waals surface area contributed by atoms with Gasteiger partial charge in [-0.1, -0.05) is 12.1 Å². The molecule has 0 fully saturated rings. The van der Waals surface area contributed by atoms with Gasteiger partial charge in [0.1, 0.15) is 0 Å². The van der Waals surface area contributed by atoms with Crippen LogP contribution >= 0.6 is 11.3 Å². The predicted octanol–water partition coefficient (Wildman–Crippen LogP) is 3.09. The third-order valence-electron chi connectivity index (χ3n) is 3.82. The second kappa shape index (κ2) is 4.87. The van der Waals surface area contributed by atoms with Crippen LogP contribution in [-0.4, -0.2) is 16.9 Å². The van der Waals surface area contributed by atoms with Crippen LogP contribution in [0.15, 0.2) is 29.6 Å². The first-order valence-corrected chi connectivity index (χ1v) is 7.37. The Hall–Kier alpha value is -1.94. The topological polar surface area (TPSA) is 54.4 Å². The van der Waals surface area contributed by atoms with Crippen LogP contribution in [0.1, 0.15) is 31.9 Å². The number of carbonyl (C=O) groups excluding carboxylic acids is 1. The van der Waals surface area contributed by atoms with Crippen molar-refractivity contribution in [2.24, 2.45) is 5.92 Å². The highest BCUT2D eigenvalue weighted by Gasteiger charge is 2.27. The molecule has 0 saturated heterocycles. The van der Waals surface area contributed by atoms with Gasteiger partial charge >= 0.3 is 5.97 Å². The van der Waals surface area contributed by atoms with Crippen molar-refractivity contribution in [1.29, 1.82) is 0 Å². The van der Waals surface area contributed by atoms with Crippen LogP contribution in [0.4, 0.5) is 0 Å². The SMILES string of the molecule is Cc1ccsc1C(=O)c1ccc2c(c1)CC(C(=O)O)C2. The van der Waals surface area contributed by atoms with E-state index in [0.29, 0.717) is 18.4 Å². The molecule has 102 valence electrons. The van der Waals surface area contributed by atoms with Gasteiger partial charge in [0.15, 0.2) is 0 Å². The molecule has 2 aromatic rings. The van der Waals surface area contributed by atoms with Gasteiger partial charge in [-0.05, 0) is 54.0 Å². The number of hydrogen-bond acceptors (Lipinski definition) is 3. The number of rotatable bonds is 3. The van der Waals surface area contributed by atoms with E-state index < -0.39 is 5.97 Å². The molecule has 0 saturated carbocycles. The van der Waals surface area contributed by atoms with Crippen LogP contribution in [0.5, 0.6) is 0 Å². The molecule has 1 atom stereocenters. The molecule has 3 nitrogen and oxygen atoms in total. The fourth-order valence-electron chi connectivity index (χ4n) is 2.67. The number of hydrogen-bond donors (Lipinski definition) is 1. The van der Waals surface area contributed by atoms with Crippen LogP contribution in [0.25, 0.3) is 0 Å². The Morgan fingerprint density at radius 3 is 2.60 bits per heavy atom. The van der Waals surface area contributed by atoms with Crippen LogP contribution in [0.2, 0.25) is 0 Å². The molecule has 20 heavy (non-hydrogen) atoms. The van der Waals surface area contributed by atoms with Crippen LogP contribution in [0, 0.1) is 12.8 Å². The van der Waals surface area contributed by atoms with Crippen molar-refractivity contribution in [3.63, 3.8) is 0 Å². The van der Waals surface area contributed by atoms with Crippen molar-refractivity contribution in [2.45, 2.75) is 19.8 Å². The standard InChI is InChI=1S/C16H14O3S/c1-9-4-5-20-15(9)14(17)11-3-2-10-6-13(16(18)19)8-12(10)7-11/h2-5,7,13H,6,8H2,1H3,(H,18,19). The van der Waals surface area contributed by atoms with Gasteiger partial charge in [-0.25, -0.2) is 0 Å². The number of benzene rings is 1. The van der Waals surface area contributed by atoms with E-state index in [1.165, 1.54) is 11.3 Å². The van der Waals surface area contributed by atoms with Crippen LogP contribution < -0.4 is 0 Å². The number of carboxylic acids is 1. The molecule has 0 aliphatic heterocycles. The van der Waals surface area contributed by atoms with E-state index in [2.05, 4.69) is 0 Å². The van der Waals surface area contributed by atoms with E-state index in [1.807, 2.05) is 36.6 Å². The Balaban J connectivity index is 1.92. The Morgan fingerprint density at radius 1 is 1.20 bits per heavy atom. The zero-order valence-corrected chi connectivity index (χ0v) is 11.9. The Kier molecular flexibility index (Phi) is 3.18. The maximum Gasteiger partial charge on any atom is 0.307 e. The Labute approximate surface area is 120 Å². The summed E-state index contributed by atoms with van der Waals surface area (Å²) in [5.74, 6) is -1.08. The molecule has 0 bridgehead atoms. The van der Waals surface area contributed by atoms with Crippen molar-refractivity contribution in [3.05, 3.63) is 56.8 Å². The highest BCUT2D eigenvalue weighted by atomic mass is 32.1. The van der Waals surface area contributed by atoms with Crippen molar-refractivity contribution in [3.8, 4) is 0 Å². The van der Waals surface area contributed by atoms with Gasteiger partial charge in [0.2, 0.25) is 5.78 Å². The zero-order valence-electron chi connectivity index (χ0n) is 11.1.